The first-order valence-electron chi connectivity index (χ1n) is 5.15. The highest BCUT2D eigenvalue weighted by Gasteiger charge is 2.37. The minimum Gasteiger partial charge on any atom is -0.390 e. The molecule has 1 aliphatic rings. The van der Waals surface area contributed by atoms with Crippen molar-refractivity contribution in [2.24, 2.45) is 11.7 Å². The summed E-state index contributed by atoms with van der Waals surface area (Å²) in [4.78, 5) is 0. The largest absolute Gasteiger partial charge is 0.390 e. The zero-order valence-electron chi connectivity index (χ0n) is 8.05. The number of nitrogens with two attached hydrogens (primary N) is 1. The highest BCUT2D eigenvalue weighted by molar-refractivity contribution is 4.90. The normalized spacial score (nSPS) is 24.2. The standard InChI is InChI=1S/C10H21NO/c1-2-9(5-8-11)10(12)6-3-4-7-10/h9,12H,2-8,11H2,1H3. The molecule has 72 valence electrons. The average Bonchev–Trinajstić information content (AvgIpc) is 2.49. The SMILES string of the molecule is CCC(CCN)C1(O)CCCC1. The first-order valence-corrected chi connectivity index (χ1v) is 5.15. The fraction of sp³-hybridized carbons (Fsp3) is 1.00. The van der Waals surface area contributed by atoms with E-state index in [4.69, 9.17) is 5.73 Å². The molecule has 1 saturated carbocycles. The fourth-order valence-electron chi connectivity index (χ4n) is 2.45. The Morgan fingerprint density at radius 1 is 1.42 bits per heavy atom. The Morgan fingerprint density at radius 2 is 2.00 bits per heavy atom. The van der Waals surface area contributed by atoms with Gasteiger partial charge in [-0.1, -0.05) is 26.2 Å². The Labute approximate surface area is 75.2 Å². The second-order valence-electron chi connectivity index (χ2n) is 3.99. The second kappa shape index (κ2) is 4.24. The van der Waals surface area contributed by atoms with Crippen LogP contribution in [-0.4, -0.2) is 17.3 Å². The Balaban J connectivity index is 2.50. The van der Waals surface area contributed by atoms with E-state index in [1.54, 1.807) is 0 Å². The molecular formula is C10H21NO. The van der Waals surface area contributed by atoms with Crippen LogP contribution in [0, 0.1) is 5.92 Å². The maximum absolute atomic E-state index is 10.2. The van der Waals surface area contributed by atoms with Gasteiger partial charge in [0.15, 0.2) is 0 Å². The van der Waals surface area contributed by atoms with Gasteiger partial charge in [0.05, 0.1) is 5.60 Å². The van der Waals surface area contributed by atoms with E-state index in [1.165, 1.54) is 12.8 Å². The molecule has 0 spiro atoms. The van der Waals surface area contributed by atoms with Crippen LogP contribution in [-0.2, 0) is 0 Å². The molecule has 1 rings (SSSR count). The highest BCUT2D eigenvalue weighted by Crippen LogP contribution is 2.38. The van der Waals surface area contributed by atoms with Gasteiger partial charge < -0.3 is 10.8 Å². The van der Waals surface area contributed by atoms with Gasteiger partial charge in [-0.25, -0.2) is 0 Å². The molecule has 0 aromatic heterocycles. The van der Waals surface area contributed by atoms with E-state index in [-0.39, 0.29) is 5.60 Å². The molecule has 0 bridgehead atoms. The summed E-state index contributed by atoms with van der Waals surface area (Å²) < 4.78 is 0. The van der Waals surface area contributed by atoms with Crippen molar-refractivity contribution in [3.63, 3.8) is 0 Å². The smallest absolute Gasteiger partial charge is 0.0676 e. The summed E-state index contributed by atoms with van der Waals surface area (Å²) >= 11 is 0. The second-order valence-corrected chi connectivity index (χ2v) is 3.99. The summed E-state index contributed by atoms with van der Waals surface area (Å²) in [7, 11) is 0. The Morgan fingerprint density at radius 3 is 2.42 bits per heavy atom. The molecule has 1 unspecified atom stereocenters. The summed E-state index contributed by atoms with van der Waals surface area (Å²) in [6, 6.07) is 0. The molecule has 1 fully saturated rings. The molecule has 0 aliphatic heterocycles. The molecule has 0 aromatic carbocycles. The molecule has 2 heteroatoms. The van der Waals surface area contributed by atoms with Crippen LogP contribution in [0.25, 0.3) is 0 Å². The first kappa shape index (κ1) is 10.0. The summed E-state index contributed by atoms with van der Waals surface area (Å²) in [5.74, 6) is 0.435. The Bertz CT molecular complexity index is 130. The van der Waals surface area contributed by atoms with Crippen molar-refractivity contribution in [2.75, 3.05) is 6.54 Å². The van der Waals surface area contributed by atoms with Gasteiger partial charge >= 0.3 is 0 Å². The van der Waals surface area contributed by atoms with Crippen molar-refractivity contribution < 1.29 is 5.11 Å². The number of hydrogen-bond acceptors (Lipinski definition) is 2. The maximum Gasteiger partial charge on any atom is 0.0676 e. The molecule has 0 heterocycles. The van der Waals surface area contributed by atoms with Crippen molar-refractivity contribution in [2.45, 2.75) is 51.0 Å². The third kappa shape index (κ3) is 1.99. The topological polar surface area (TPSA) is 46.2 Å². The van der Waals surface area contributed by atoms with Crippen LogP contribution >= 0.6 is 0 Å². The predicted octanol–water partition coefficient (Wildman–Crippen LogP) is 1.67. The first-order chi connectivity index (χ1) is 5.73. The quantitative estimate of drug-likeness (QED) is 0.676. The van der Waals surface area contributed by atoms with Crippen LogP contribution in [0.1, 0.15) is 45.4 Å². The van der Waals surface area contributed by atoms with E-state index in [0.717, 1.165) is 25.7 Å². The van der Waals surface area contributed by atoms with Gasteiger partial charge in [-0.05, 0) is 31.7 Å². The van der Waals surface area contributed by atoms with E-state index in [0.29, 0.717) is 12.5 Å². The van der Waals surface area contributed by atoms with Crippen molar-refractivity contribution in [3.8, 4) is 0 Å². The molecule has 1 aliphatic carbocycles. The van der Waals surface area contributed by atoms with E-state index in [1.807, 2.05) is 0 Å². The lowest BCUT2D eigenvalue weighted by Crippen LogP contribution is -2.35. The zero-order valence-corrected chi connectivity index (χ0v) is 8.05. The van der Waals surface area contributed by atoms with Crippen molar-refractivity contribution in [3.05, 3.63) is 0 Å². The summed E-state index contributed by atoms with van der Waals surface area (Å²) in [6.45, 7) is 2.86. The highest BCUT2D eigenvalue weighted by atomic mass is 16.3. The van der Waals surface area contributed by atoms with Gasteiger partial charge in [-0.2, -0.15) is 0 Å². The minimum absolute atomic E-state index is 0.367. The number of hydrogen-bond donors (Lipinski definition) is 2. The molecule has 3 N–H and O–H groups in total. The van der Waals surface area contributed by atoms with Crippen molar-refractivity contribution in [1.82, 2.24) is 0 Å². The van der Waals surface area contributed by atoms with E-state index in [2.05, 4.69) is 6.92 Å². The molecular weight excluding hydrogens is 150 g/mol. The van der Waals surface area contributed by atoms with Crippen LogP contribution < -0.4 is 5.73 Å². The maximum atomic E-state index is 10.2. The number of rotatable bonds is 4. The fourth-order valence-corrected chi connectivity index (χ4v) is 2.45. The third-order valence-corrected chi connectivity index (χ3v) is 3.24. The monoisotopic (exact) mass is 171 g/mol. The average molecular weight is 171 g/mol. The van der Waals surface area contributed by atoms with Gasteiger partial charge in [0.1, 0.15) is 0 Å². The molecule has 12 heavy (non-hydrogen) atoms. The molecule has 0 amide bonds. The minimum atomic E-state index is -0.367. The predicted molar refractivity (Wildman–Crippen MR) is 50.9 cm³/mol. The van der Waals surface area contributed by atoms with Crippen LogP contribution in [0.5, 0.6) is 0 Å². The van der Waals surface area contributed by atoms with Gasteiger partial charge in [-0.15, -0.1) is 0 Å². The summed E-state index contributed by atoms with van der Waals surface area (Å²) in [5, 5.41) is 10.2. The number of aliphatic hydroxyl groups is 1. The third-order valence-electron chi connectivity index (χ3n) is 3.24. The van der Waals surface area contributed by atoms with Crippen LogP contribution in [0.2, 0.25) is 0 Å². The molecule has 0 aromatic rings. The molecule has 1 atom stereocenters. The van der Waals surface area contributed by atoms with Crippen LogP contribution in [0.15, 0.2) is 0 Å². The summed E-state index contributed by atoms with van der Waals surface area (Å²) in [5.41, 5.74) is 5.15. The van der Waals surface area contributed by atoms with Gasteiger partial charge in [0, 0.05) is 0 Å². The van der Waals surface area contributed by atoms with E-state index >= 15 is 0 Å². The van der Waals surface area contributed by atoms with Gasteiger partial charge in [-0.3, -0.25) is 0 Å². The van der Waals surface area contributed by atoms with Crippen molar-refractivity contribution in [1.29, 1.82) is 0 Å². The molecule has 0 saturated heterocycles. The molecule has 0 radical (unpaired) electrons. The van der Waals surface area contributed by atoms with Crippen LogP contribution in [0.4, 0.5) is 0 Å². The zero-order chi connectivity index (χ0) is 9.03. The van der Waals surface area contributed by atoms with E-state index < -0.39 is 0 Å². The lowest BCUT2D eigenvalue weighted by molar-refractivity contribution is -0.0164. The lowest BCUT2D eigenvalue weighted by Gasteiger charge is -2.31. The molecule has 2 nitrogen and oxygen atoms in total. The Hall–Kier alpha value is -0.0800. The Kier molecular flexibility index (Phi) is 3.53. The van der Waals surface area contributed by atoms with Crippen molar-refractivity contribution >= 4 is 0 Å². The lowest BCUT2D eigenvalue weighted by atomic mass is 9.82. The summed E-state index contributed by atoms with van der Waals surface area (Å²) in [6.07, 6.45) is 6.41. The van der Waals surface area contributed by atoms with Crippen LogP contribution in [0.3, 0.4) is 0 Å². The van der Waals surface area contributed by atoms with E-state index in [9.17, 15) is 5.11 Å². The van der Waals surface area contributed by atoms with Gasteiger partial charge in [0.25, 0.3) is 0 Å². The van der Waals surface area contributed by atoms with Gasteiger partial charge in [0.2, 0.25) is 0 Å².